The zero-order valence-electron chi connectivity index (χ0n) is 9.31. The number of aldehydes is 1. The van der Waals surface area contributed by atoms with Crippen LogP contribution in [0.15, 0.2) is 42.5 Å². The normalized spacial score (nSPS) is 10.0. The Morgan fingerprint density at radius 2 is 1.82 bits per heavy atom. The molecule has 0 unspecified atom stereocenters. The maximum Gasteiger partial charge on any atom is 0.155 e. The third-order valence-electron chi connectivity index (χ3n) is 2.38. The highest BCUT2D eigenvalue weighted by molar-refractivity contribution is 6.33. The number of aryl methyl sites for hydroxylation is 1. The van der Waals surface area contributed by atoms with Gasteiger partial charge in [-0.3, -0.25) is 4.79 Å². The fraction of sp³-hybridized carbons (Fsp3) is 0.0714. The van der Waals surface area contributed by atoms with Crippen molar-refractivity contribution in [2.24, 2.45) is 0 Å². The van der Waals surface area contributed by atoms with Crippen LogP contribution in [0.25, 0.3) is 0 Å². The van der Waals surface area contributed by atoms with Gasteiger partial charge < -0.3 is 4.74 Å². The van der Waals surface area contributed by atoms with Gasteiger partial charge in [-0.1, -0.05) is 35.4 Å². The van der Waals surface area contributed by atoms with Gasteiger partial charge in [0, 0.05) is 0 Å². The minimum atomic E-state index is 0.370. The number of hydrogen-bond donors (Lipinski definition) is 0. The van der Waals surface area contributed by atoms with E-state index in [0.717, 1.165) is 5.56 Å². The van der Waals surface area contributed by atoms with Crippen molar-refractivity contribution in [1.82, 2.24) is 0 Å². The summed E-state index contributed by atoms with van der Waals surface area (Å²) in [5.41, 5.74) is 1.52. The number of halogens is 1. The standard InChI is InChI=1S/C14H11ClO2/c1-10-5-7-11(8-6-10)17-14-4-2-3-13(15)12(14)9-16/h2-9H,1H3. The molecule has 17 heavy (non-hydrogen) atoms. The molecule has 0 aliphatic heterocycles. The molecule has 0 N–H and O–H groups in total. The van der Waals surface area contributed by atoms with Gasteiger partial charge in [0.25, 0.3) is 0 Å². The Hall–Kier alpha value is -1.80. The highest BCUT2D eigenvalue weighted by atomic mass is 35.5. The topological polar surface area (TPSA) is 26.3 Å². The van der Waals surface area contributed by atoms with Crippen molar-refractivity contribution >= 4 is 17.9 Å². The zero-order chi connectivity index (χ0) is 12.3. The first-order valence-corrected chi connectivity index (χ1v) is 5.56. The van der Waals surface area contributed by atoms with Crippen LogP contribution in [0.5, 0.6) is 11.5 Å². The highest BCUT2D eigenvalue weighted by Gasteiger charge is 2.07. The predicted octanol–water partition coefficient (Wildman–Crippen LogP) is 4.25. The summed E-state index contributed by atoms with van der Waals surface area (Å²) in [6.45, 7) is 2.00. The van der Waals surface area contributed by atoms with Crippen LogP contribution in [-0.4, -0.2) is 6.29 Å². The molecule has 0 aliphatic carbocycles. The summed E-state index contributed by atoms with van der Waals surface area (Å²) in [7, 11) is 0. The summed E-state index contributed by atoms with van der Waals surface area (Å²) in [4.78, 5) is 10.9. The fourth-order valence-electron chi connectivity index (χ4n) is 1.45. The Bertz CT molecular complexity index is 532. The molecule has 0 atom stereocenters. The molecule has 0 radical (unpaired) electrons. The van der Waals surface area contributed by atoms with Crippen LogP contribution in [0.3, 0.4) is 0 Å². The van der Waals surface area contributed by atoms with Crippen LogP contribution in [0, 0.1) is 6.92 Å². The molecule has 2 aromatic rings. The van der Waals surface area contributed by atoms with Crippen LogP contribution < -0.4 is 4.74 Å². The average molecular weight is 247 g/mol. The van der Waals surface area contributed by atoms with Gasteiger partial charge in [0.15, 0.2) is 6.29 Å². The monoisotopic (exact) mass is 246 g/mol. The van der Waals surface area contributed by atoms with Gasteiger partial charge in [-0.2, -0.15) is 0 Å². The summed E-state index contributed by atoms with van der Waals surface area (Å²) in [6.07, 6.45) is 0.700. The minimum absolute atomic E-state index is 0.370. The lowest BCUT2D eigenvalue weighted by Gasteiger charge is -2.08. The molecule has 3 heteroatoms. The van der Waals surface area contributed by atoms with Crippen LogP contribution in [0.4, 0.5) is 0 Å². The Labute approximate surface area is 105 Å². The molecular weight excluding hydrogens is 236 g/mol. The molecule has 0 aromatic heterocycles. The first-order chi connectivity index (χ1) is 8.20. The van der Waals surface area contributed by atoms with E-state index >= 15 is 0 Å². The largest absolute Gasteiger partial charge is 0.457 e. The van der Waals surface area contributed by atoms with Crippen molar-refractivity contribution in [3.05, 3.63) is 58.6 Å². The van der Waals surface area contributed by atoms with Crippen LogP contribution >= 0.6 is 11.6 Å². The van der Waals surface area contributed by atoms with Crippen LogP contribution in [0.1, 0.15) is 15.9 Å². The molecule has 0 bridgehead atoms. The average Bonchev–Trinajstić information content (AvgIpc) is 2.32. The van der Waals surface area contributed by atoms with E-state index in [2.05, 4.69) is 0 Å². The summed E-state index contributed by atoms with van der Waals surface area (Å²) < 4.78 is 5.62. The maximum atomic E-state index is 10.9. The van der Waals surface area contributed by atoms with Crippen molar-refractivity contribution in [1.29, 1.82) is 0 Å². The number of carbonyl (C=O) groups is 1. The van der Waals surface area contributed by atoms with Gasteiger partial charge in [-0.25, -0.2) is 0 Å². The lowest BCUT2D eigenvalue weighted by Crippen LogP contribution is -1.91. The van der Waals surface area contributed by atoms with Crippen molar-refractivity contribution in [2.75, 3.05) is 0 Å². The van der Waals surface area contributed by atoms with E-state index in [-0.39, 0.29) is 0 Å². The number of rotatable bonds is 3. The first-order valence-electron chi connectivity index (χ1n) is 5.19. The van der Waals surface area contributed by atoms with Crippen molar-refractivity contribution in [3.8, 4) is 11.5 Å². The Balaban J connectivity index is 2.33. The number of ether oxygens (including phenoxy) is 1. The molecule has 0 aliphatic rings. The molecule has 2 rings (SSSR count). The molecule has 0 amide bonds. The van der Waals surface area contributed by atoms with Crippen molar-refractivity contribution in [3.63, 3.8) is 0 Å². The summed E-state index contributed by atoms with van der Waals surface area (Å²) >= 11 is 5.91. The zero-order valence-corrected chi connectivity index (χ0v) is 10.1. The number of hydrogen-bond acceptors (Lipinski definition) is 2. The number of benzene rings is 2. The summed E-state index contributed by atoms with van der Waals surface area (Å²) in [6, 6.07) is 12.7. The molecule has 86 valence electrons. The molecule has 0 fully saturated rings. The Kier molecular flexibility index (Phi) is 3.45. The quantitative estimate of drug-likeness (QED) is 0.757. The molecule has 0 spiro atoms. The van der Waals surface area contributed by atoms with Crippen molar-refractivity contribution in [2.45, 2.75) is 6.92 Å². The van der Waals surface area contributed by atoms with E-state index in [9.17, 15) is 4.79 Å². The predicted molar refractivity (Wildman–Crippen MR) is 68.1 cm³/mol. The molecule has 2 nitrogen and oxygen atoms in total. The first kappa shape index (κ1) is 11.7. The SMILES string of the molecule is Cc1ccc(Oc2cccc(Cl)c2C=O)cc1. The third-order valence-corrected chi connectivity index (χ3v) is 2.71. The van der Waals surface area contributed by atoms with E-state index in [4.69, 9.17) is 16.3 Å². The molecule has 0 heterocycles. The van der Waals surface area contributed by atoms with Gasteiger partial charge in [0.2, 0.25) is 0 Å². The summed E-state index contributed by atoms with van der Waals surface area (Å²) in [5.74, 6) is 1.15. The second-order valence-corrected chi connectivity index (χ2v) is 4.09. The minimum Gasteiger partial charge on any atom is -0.457 e. The second kappa shape index (κ2) is 5.02. The van der Waals surface area contributed by atoms with E-state index in [0.29, 0.717) is 28.4 Å². The molecule has 0 saturated carbocycles. The lowest BCUT2D eigenvalue weighted by molar-refractivity contribution is 0.112. The van der Waals surface area contributed by atoms with Gasteiger partial charge in [0.05, 0.1) is 10.6 Å². The van der Waals surface area contributed by atoms with Gasteiger partial charge in [0.1, 0.15) is 11.5 Å². The number of carbonyl (C=O) groups excluding carboxylic acids is 1. The Morgan fingerprint density at radius 1 is 1.12 bits per heavy atom. The van der Waals surface area contributed by atoms with Crippen LogP contribution in [0.2, 0.25) is 5.02 Å². The van der Waals surface area contributed by atoms with E-state index in [1.807, 2.05) is 31.2 Å². The molecule has 0 saturated heterocycles. The molecular formula is C14H11ClO2. The van der Waals surface area contributed by atoms with Gasteiger partial charge >= 0.3 is 0 Å². The molecule has 2 aromatic carbocycles. The summed E-state index contributed by atoms with van der Waals surface area (Å²) in [5, 5.41) is 0.393. The second-order valence-electron chi connectivity index (χ2n) is 3.68. The van der Waals surface area contributed by atoms with Gasteiger partial charge in [-0.15, -0.1) is 0 Å². The maximum absolute atomic E-state index is 10.9. The van der Waals surface area contributed by atoms with Crippen molar-refractivity contribution < 1.29 is 9.53 Å². The van der Waals surface area contributed by atoms with Gasteiger partial charge in [-0.05, 0) is 31.2 Å². The Morgan fingerprint density at radius 3 is 2.47 bits per heavy atom. The van der Waals surface area contributed by atoms with Crippen LogP contribution in [-0.2, 0) is 0 Å². The highest BCUT2D eigenvalue weighted by Crippen LogP contribution is 2.29. The van der Waals surface area contributed by atoms with E-state index in [1.54, 1.807) is 18.2 Å². The van der Waals surface area contributed by atoms with E-state index in [1.165, 1.54) is 0 Å². The third kappa shape index (κ3) is 2.66. The fourth-order valence-corrected chi connectivity index (χ4v) is 1.66. The smallest absolute Gasteiger partial charge is 0.155 e. The lowest BCUT2D eigenvalue weighted by atomic mass is 10.2. The van der Waals surface area contributed by atoms with E-state index < -0.39 is 0 Å².